The predicted octanol–water partition coefficient (Wildman–Crippen LogP) is 5.03. The molecule has 2 rings (SSSR count). The van der Waals surface area contributed by atoms with Crippen LogP contribution in [0.5, 0.6) is 11.5 Å². The fraction of sp³-hybridized carbons (Fsp3) is 0.417. The lowest BCUT2D eigenvalue weighted by Gasteiger charge is -2.09. The monoisotopic (exact) mass is 384 g/mol. The molecule has 4 nitrogen and oxygen atoms in total. The van der Waals surface area contributed by atoms with Crippen molar-refractivity contribution in [3.63, 3.8) is 0 Å². The van der Waals surface area contributed by atoms with E-state index in [0.29, 0.717) is 0 Å². The fourth-order valence-electron chi connectivity index (χ4n) is 3.14. The lowest BCUT2D eigenvalue weighted by molar-refractivity contribution is 0.195. The summed E-state index contributed by atoms with van der Waals surface area (Å²) in [7, 11) is 6.82. The Labute approximate surface area is 169 Å². The molecule has 0 spiro atoms. The van der Waals surface area contributed by atoms with Crippen LogP contribution in [0, 0.1) is 0 Å². The van der Waals surface area contributed by atoms with Crippen LogP contribution < -0.4 is 9.47 Å². The number of hydrogen-bond acceptors (Lipinski definition) is 4. The highest BCUT2D eigenvalue weighted by Crippen LogP contribution is 2.24. The highest BCUT2D eigenvalue weighted by Gasteiger charge is 2.03. The molecule has 0 aliphatic rings. The van der Waals surface area contributed by atoms with E-state index in [9.17, 15) is 0 Å². The Morgan fingerprint density at radius 1 is 0.607 bits per heavy atom. The van der Waals surface area contributed by atoms with Gasteiger partial charge in [0.1, 0.15) is 11.5 Å². The summed E-state index contributed by atoms with van der Waals surface area (Å²) >= 11 is 0. The Kier molecular flexibility index (Phi) is 9.60. The largest absolute Gasteiger partial charge is 0.497 e. The molecule has 0 aliphatic heterocycles. The summed E-state index contributed by atoms with van der Waals surface area (Å²) in [5, 5.41) is 0. The van der Waals surface area contributed by atoms with Gasteiger partial charge in [-0.1, -0.05) is 30.4 Å². The van der Waals surface area contributed by atoms with Gasteiger partial charge in [-0.2, -0.15) is 0 Å². The van der Waals surface area contributed by atoms with Gasteiger partial charge in [0.2, 0.25) is 0 Å². The van der Waals surface area contributed by atoms with Gasteiger partial charge in [0.15, 0.2) is 0 Å². The number of ether oxygens (including phenoxy) is 4. The summed E-state index contributed by atoms with van der Waals surface area (Å²) < 4.78 is 21.1. The third-order valence-electron chi connectivity index (χ3n) is 4.54. The summed E-state index contributed by atoms with van der Waals surface area (Å²) in [6.07, 6.45) is 8.31. The average Bonchev–Trinajstić information content (AvgIpc) is 2.72. The molecule has 0 radical (unpaired) electrons. The van der Waals surface area contributed by atoms with Crippen molar-refractivity contribution in [2.45, 2.75) is 25.7 Å². The first kappa shape index (κ1) is 22.0. The van der Waals surface area contributed by atoms with Crippen LogP contribution in [0.4, 0.5) is 0 Å². The minimum Gasteiger partial charge on any atom is -0.497 e. The van der Waals surface area contributed by atoms with Gasteiger partial charge in [0.25, 0.3) is 0 Å². The van der Waals surface area contributed by atoms with Crippen LogP contribution >= 0.6 is 0 Å². The van der Waals surface area contributed by atoms with E-state index in [1.54, 1.807) is 28.4 Å². The minimum atomic E-state index is 0.780. The maximum atomic E-state index is 5.36. The van der Waals surface area contributed by atoms with Crippen LogP contribution in [0.1, 0.15) is 35.1 Å². The van der Waals surface area contributed by atoms with Crippen LogP contribution in [0.15, 0.2) is 36.4 Å². The van der Waals surface area contributed by atoms with Gasteiger partial charge >= 0.3 is 0 Å². The SMILES string of the molecule is COCCCc1cc(C=Cc2cc(OC)cc(OC)c2)cc(CCCOC)c1. The molecule has 0 atom stereocenters. The molecule has 0 aromatic heterocycles. The molecule has 0 amide bonds. The summed E-state index contributed by atoms with van der Waals surface area (Å²) in [6, 6.07) is 12.7. The van der Waals surface area contributed by atoms with Crippen molar-refractivity contribution in [1.82, 2.24) is 0 Å². The van der Waals surface area contributed by atoms with Crippen molar-refractivity contribution in [1.29, 1.82) is 0 Å². The first-order chi connectivity index (χ1) is 13.7. The summed E-state index contributed by atoms with van der Waals surface area (Å²) in [6.45, 7) is 1.56. The van der Waals surface area contributed by atoms with E-state index in [0.717, 1.165) is 56.0 Å². The second-order valence-electron chi connectivity index (χ2n) is 6.75. The van der Waals surface area contributed by atoms with E-state index in [1.165, 1.54) is 16.7 Å². The molecule has 0 bridgehead atoms. The molecule has 0 heterocycles. The Hall–Kier alpha value is -2.30. The molecule has 0 fully saturated rings. The Bertz CT molecular complexity index is 702. The van der Waals surface area contributed by atoms with Gasteiger partial charge in [0, 0.05) is 33.5 Å². The molecular weight excluding hydrogens is 352 g/mol. The topological polar surface area (TPSA) is 36.9 Å². The zero-order valence-electron chi connectivity index (χ0n) is 17.5. The molecule has 4 heteroatoms. The molecule has 152 valence electrons. The first-order valence-electron chi connectivity index (χ1n) is 9.70. The first-order valence-corrected chi connectivity index (χ1v) is 9.70. The number of methoxy groups -OCH3 is 4. The third kappa shape index (κ3) is 7.37. The van der Waals surface area contributed by atoms with E-state index < -0.39 is 0 Å². The Morgan fingerprint density at radius 2 is 1.07 bits per heavy atom. The summed E-state index contributed by atoms with van der Waals surface area (Å²) in [5.74, 6) is 1.57. The smallest absolute Gasteiger partial charge is 0.123 e. The van der Waals surface area contributed by atoms with Crippen LogP contribution in [0.25, 0.3) is 12.2 Å². The predicted molar refractivity (Wildman–Crippen MR) is 115 cm³/mol. The van der Waals surface area contributed by atoms with E-state index in [1.807, 2.05) is 18.2 Å². The molecule has 2 aromatic carbocycles. The van der Waals surface area contributed by atoms with Gasteiger partial charge in [-0.15, -0.1) is 0 Å². The Morgan fingerprint density at radius 3 is 1.50 bits per heavy atom. The van der Waals surface area contributed by atoms with Gasteiger partial charge < -0.3 is 18.9 Å². The number of benzene rings is 2. The second-order valence-corrected chi connectivity index (χ2v) is 6.75. The molecular formula is C24H32O4. The third-order valence-corrected chi connectivity index (χ3v) is 4.54. The lowest BCUT2D eigenvalue weighted by Crippen LogP contribution is -1.97. The lowest BCUT2D eigenvalue weighted by atomic mass is 9.99. The van der Waals surface area contributed by atoms with Crippen LogP contribution in [-0.4, -0.2) is 41.7 Å². The van der Waals surface area contributed by atoms with Gasteiger partial charge in [-0.25, -0.2) is 0 Å². The normalized spacial score (nSPS) is 11.1. The van der Waals surface area contributed by atoms with E-state index >= 15 is 0 Å². The number of aryl methyl sites for hydroxylation is 2. The zero-order valence-corrected chi connectivity index (χ0v) is 17.5. The van der Waals surface area contributed by atoms with E-state index in [-0.39, 0.29) is 0 Å². The van der Waals surface area contributed by atoms with Gasteiger partial charge in [0.05, 0.1) is 14.2 Å². The molecule has 0 unspecified atom stereocenters. The maximum Gasteiger partial charge on any atom is 0.123 e. The van der Waals surface area contributed by atoms with Crippen molar-refractivity contribution >= 4 is 12.2 Å². The quantitative estimate of drug-likeness (QED) is 0.380. The highest BCUT2D eigenvalue weighted by atomic mass is 16.5. The standard InChI is InChI=1S/C24H32O4/c1-25-11-5-7-19-13-20(8-6-12-26-2)15-21(14-19)9-10-22-16-23(27-3)18-24(17-22)28-4/h9-10,13-18H,5-8,11-12H2,1-4H3. The van der Waals surface area contributed by atoms with E-state index in [2.05, 4.69) is 30.4 Å². The molecule has 2 aromatic rings. The summed E-state index contributed by atoms with van der Waals surface area (Å²) in [5.41, 5.74) is 4.93. The molecule has 0 aliphatic carbocycles. The van der Waals surface area contributed by atoms with E-state index in [4.69, 9.17) is 18.9 Å². The van der Waals surface area contributed by atoms with Gasteiger partial charge in [-0.05, 0) is 60.1 Å². The number of hydrogen-bond donors (Lipinski definition) is 0. The average molecular weight is 385 g/mol. The second kappa shape index (κ2) is 12.2. The van der Waals surface area contributed by atoms with Gasteiger partial charge in [-0.3, -0.25) is 0 Å². The van der Waals surface area contributed by atoms with Crippen molar-refractivity contribution in [2.75, 3.05) is 41.7 Å². The maximum absolute atomic E-state index is 5.36. The highest BCUT2D eigenvalue weighted by molar-refractivity contribution is 5.71. The Balaban J connectivity index is 2.22. The van der Waals surface area contributed by atoms with Crippen LogP contribution in [0.2, 0.25) is 0 Å². The van der Waals surface area contributed by atoms with Crippen LogP contribution in [0.3, 0.4) is 0 Å². The van der Waals surface area contributed by atoms with Crippen molar-refractivity contribution < 1.29 is 18.9 Å². The minimum absolute atomic E-state index is 0.780. The molecule has 0 N–H and O–H groups in total. The van der Waals surface area contributed by atoms with Crippen molar-refractivity contribution in [2.24, 2.45) is 0 Å². The zero-order chi connectivity index (χ0) is 20.2. The summed E-state index contributed by atoms with van der Waals surface area (Å²) in [4.78, 5) is 0. The number of rotatable bonds is 12. The molecule has 28 heavy (non-hydrogen) atoms. The van der Waals surface area contributed by atoms with Crippen LogP contribution in [-0.2, 0) is 22.3 Å². The van der Waals surface area contributed by atoms with Crippen molar-refractivity contribution in [3.05, 3.63) is 58.7 Å². The molecule has 0 saturated carbocycles. The molecule has 0 saturated heterocycles. The fourth-order valence-corrected chi connectivity index (χ4v) is 3.14. The van der Waals surface area contributed by atoms with Crippen molar-refractivity contribution in [3.8, 4) is 11.5 Å².